The summed E-state index contributed by atoms with van der Waals surface area (Å²) in [5.74, 6) is -1.65. The van der Waals surface area contributed by atoms with E-state index in [9.17, 15) is 27.2 Å². The number of aromatic nitrogens is 1. The van der Waals surface area contributed by atoms with E-state index in [0.717, 1.165) is 38.1 Å². The number of anilines is 1. The van der Waals surface area contributed by atoms with Gasteiger partial charge in [-0.2, -0.15) is 13.2 Å². The first-order valence-electron chi connectivity index (χ1n) is 12.0. The van der Waals surface area contributed by atoms with E-state index < -0.39 is 29.0 Å². The van der Waals surface area contributed by atoms with Crippen LogP contribution in [0.2, 0.25) is 0 Å². The van der Waals surface area contributed by atoms with Gasteiger partial charge in [0.1, 0.15) is 5.82 Å². The molecule has 6 nitrogen and oxygen atoms in total. The lowest BCUT2D eigenvalue weighted by Gasteiger charge is -2.37. The number of hydrogen-bond acceptors (Lipinski definition) is 4. The number of halogens is 4. The lowest BCUT2D eigenvalue weighted by atomic mass is 9.96. The predicted molar refractivity (Wildman–Crippen MR) is 132 cm³/mol. The number of carbonyl (C=O) groups excluding carboxylic acids is 1. The summed E-state index contributed by atoms with van der Waals surface area (Å²) < 4.78 is 56.1. The van der Waals surface area contributed by atoms with Gasteiger partial charge in [0.15, 0.2) is 0 Å². The average Bonchev–Trinajstić information content (AvgIpc) is 2.79. The van der Waals surface area contributed by atoms with Gasteiger partial charge in [-0.05, 0) is 70.4 Å². The molecule has 198 valence electrons. The Morgan fingerprint density at radius 2 is 1.83 bits per heavy atom. The van der Waals surface area contributed by atoms with E-state index in [4.69, 9.17) is 0 Å². The van der Waals surface area contributed by atoms with Crippen molar-refractivity contribution in [3.05, 3.63) is 61.8 Å². The van der Waals surface area contributed by atoms with Crippen molar-refractivity contribution in [3.63, 3.8) is 0 Å². The first-order valence-corrected chi connectivity index (χ1v) is 12.0. The summed E-state index contributed by atoms with van der Waals surface area (Å²) in [7, 11) is 3.76. The van der Waals surface area contributed by atoms with Gasteiger partial charge in [-0.15, -0.1) is 0 Å². The number of rotatable bonds is 6. The van der Waals surface area contributed by atoms with Crippen molar-refractivity contribution < 1.29 is 22.4 Å². The minimum Gasteiger partial charge on any atom is -0.371 e. The van der Waals surface area contributed by atoms with E-state index in [-0.39, 0.29) is 40.9 Å². The Hall–Kier alpha value is -2.88. The number of carbonyl (C=O) groups is 1. The fourth-order valence-electron chi connectivity index (χ4n) is 4.84. The topological polar surface area (TPSA) is 68.4 Å². The van der Waals surface area contributed by atoms with E-state index in [1.54, 1.807) is 27.8 Å². The van der Waals surface area contributed by atoms with Gasteiger partial charge in [0.2, 0.25) is 0 Å². The molecule has 2 aromatic rings. The summed E-state index contributed by atoms with van der Waals surface area (Å²) in [5, 5.41) is 2.55. The number of amides is 1. The number of nitrogens with one attached hydrogen (secondary N) is 2. The molecule has 1 aliphatic rings. The predicted octanol–water partition coefficient (Wildman–Crippen LogP) is 4.73. The standard InChI is InChI=1S/C26H34F4N4O2/c1-14(2)22-20(25(36)32-16(4)23(22)27)13-31-24(35)19-11-17(26(28,29)30)12-21(15(19)3)34(6)18-7-9-33(5)10-8-18/h11-12,14,18H,7-10,13H2,1-6H3,(H,31,35)(H,32,36). The van der Waals surface area contributed by atoms with Crippen LogP contribution < -0.4 is 15.8 Å². The van der Waals surface area contributed by atoms with Crippen LogP contribution in [0.4, 0.5) is 23.2 Å². The normalized spacial score (nSPS) is 15.4. The highest BCUT2D eigenvalue weighted by atomic mass is 19.4. The molecule has 3 rings (SSSR count). The van der Waals surface area contributed by atoms with E-state index >= 15 is 0 Å². The first kappa shape index (κ1) is 27.7. The number of aryl methyl sites for hydroxylation is 1. The number of aromatic amines is 1. The first-order chi connectivity index (χ1) is 16.7. The number of nitrogens with zero attached hydrogens (tertiary/aromatic N) is 2. The van der Waals surface area contributed by atoms with Crippen molar-refractivity contribution in [2.45, 2.75) is 65.2 Å². The zero-order chi connectivity index (χ0) is 26.9. The summed E-state index contributed by atoms with van der Waals surface area (Å²) >= 11 is 0. The molecule has 2 heterocycles. The molecule has 1 amide bonds. The second-order valence-electron chi connectivity index (χ2n) is 9.93. The fourth-order valence-corrected chi connectivity index (χ4v) is 4.84. The minimum absolute atomic E-state index is 0.0435. The van der Waals surface area contributed by atoms with Gasteiger partial charge >= 0.3 is 6.18 Å². The number of alkyl halides is 3. The summed E-state index contributed by atoms with van der Waals surface area (Å²) in [6.07, 6.45) is -3.05. The largest absolute Gasteiger partial charge is 0.416 e. The maximum Gasteiger partial charge on any atom is 0.416 e. The van der Waals surface area contributed by atoms with Crippen LogP contribution in [0.1, 0.15) is 70.9 Å². The van der Waals surface area contributed by atoms with Crippen molar-refractivity contribution in [2.75, 3.05) is 32.1 Å². The molecule has 0 bridgehead atoms. The van der Waals surface area contributed by atoms with Gasteiger partial charge in [-0.3, -0.25) is 9.59 Å². The monoisotopic (exact) mass is 510 g/mol. The number of H-pyrrole nitrogens is 1. The number of piperidine rings is 1. The lowest BCUT2D eigenvalue weighted by Crippen LogP contribution is -2.42. The molecule has 0 atom stereocenters. The third kappa shape index (κ3) is 5.74. The molecule has 1 fully saturated rings. The zero-order valence-corrected chi connectivity index (χ0v) is 21.6. The van der Waals surface area contributed by atoms with E-state index in [0.29, 0.717) is 11.3 Å². The Labute approximate surface area is 208 Å². The Morgan fingerprint density at radius 3 is 2.39 bits per heavy atom. The van der Waals surface area contributed by atoms with Gasteiger partial charge in [-0.25, -0.2) is 4.39 Å². The molecular formula is C26H34F4N4O2. The Morgan fingerprint density at radius 1 is 1.22 bits per heavy atom. The van der Waals surface area contributed by atoms with Crippen molar-refractivity contribution in [1.29, 1.82) is 0 Å². The van der Waals surface area contributed by atoms with Crippen LogP contribution in [0.25, 0.3) is 0 Å². The molecule has 0 saturated carbocycles. The molecule has 0 aliphatic carbocycles. The highest BCUT2D eigenvalue weighted by molar-refractivity contribution is 5.97. The molecule has 1 aromatic heterocycles. The quantitative estimate of drug-likeness (QED) is 0.552. The molecule has 1 saturated heterocycles. The second-order valence-corrected chi connectivity index (χ2v) is 9.93. The summed E-state index contributed by atoms with van der Waals surface area (Å²) in [5.41, 5.74) is -0.517. The minimum atomic E-state index is -4.65. The zero-order valence-electron chi connectivity index (χ0n) is 21.6. The van der Waals surface area contributed by atoms with Crippen molar-refractivity contribution in [1.82, 2.24) is 15.2 Å². The van der Waals surface area contributed by atoms with Crippen LogP contribution in [0, 0.1) is 19.7 Å². The van der Waals surface area contributed by atoms with Crippen LogP contribution in [0.5, 0.6) is 0 Å². The van der Waals surface area contributed by atoms with Gasteiger partial charge in [0, 0.05) is 42.0 Å². The van der Waals surface area contributed by atoms with Crippen molar-refractivity contribution in [3.8, 4) is 0 Å². The lowest BCUT2D eigenvalue weighted by molar-refractivity contribution is -0.137. The molecule has 2 N–H and O–H groups in total. The maximum absolute atomic E-state index is 14.7. The van der Waals surface area contributed by atoms with E-state index in [2.05, 4.69) is 15.2 Å². The summed E-state index contributed by atoms with van der Waals surface area (Å²) in [4.78, 5) is 32.1. The molecule has 0 spiro atoms. The summed E-state index contributed by atoms with van der Waals surface area (Å²) in [6.45, 7) is 7.87. The second kappa shape index (κ2) is 10.6. The smallest absolute Gasteiger partial charge is 0.371 e. The van der Waals surface area contributed by atoms with E-state index in [1.807, 2.05) is 11.9 Å². The van der Waals surface area contributed by atoms with Crippen LogP contribution in [-0.4, -0.2) is 49.0 Å². The van der Waals surface area contributed by atoms with Crippen LogP contribution in [0.15, 0.2) is 16.9 Å². The highest BCUT2D eigenvalue weighted by Crippen LogP contribution is 2.36. The SMILES string of the molecule is Cc1[nH]c(=O)c(CNC(=O)c2cc(C(F)(F)F)cc(N(C)C3CCN(C)CC3)c2C)c(C(C)C)c1F. The molecule has 10 heteroatoms. The Bertz CT molecular complexity index is 1180. The number of likely N-dealkylation sites (tertiary alicyclic amines) is 1. The Kier molecular flexibility index (Phi) is 8.17. The molecule has 36 heavy (non-hydrogen) atoms. The van der Waals surface area contributed by atoms with Crippen molar-refractivity contribution >= 4 is 11.6 Å². The van der Waals surface area contributed by atoms with Crippen LogP contribution in [0.3, 0.4) is 0 Å². The highest BCUT2D eigenvalue weighted by Gasteiger charge is 2.34. The van der Waals surface area contributed by atoms with Gasteiger partial charge in [0.25, 0.3) is 11.5 Å². The summed E-state index contributed by atoms with van der Waals surface area (Å²) in [6, 6.07) is 1.96. The van der Waals surface area contributed by atoms with Crippen LogP contribution >= 0.6 is 0 Å². The van der Waals surface area contributed by atoms with Crippen molar-refractivity contribution in [2.24, 2.45) is 0 Å². The third-order valence-electron chi connectivity index (χ3n) is 7.04. The molecular weight excluding hydrogens is 476 g/mol. The molecule has 0 unspecified atom stereocenters. The van der Waals surface area contributed by atoms with Gasteiger partial charge < -0.3 is 20.1 Å². The van der Waals surface area contributed by atoms with E-state index in [1.165, 1.54) is 6.92 Å². The number of hydrogen-bond donors (Lipinski definition) is 2. The molecule has 0 radical (unpaired) electrons. The maximum atomic E-state index is 14.7. The average molecular weight is 511 g/mol. The number of pyridine rings is 1. The Balaban J connectivity index is 1.97. The van der Waals surface area contributed by atoms with Crippen LogP contribution in [-0.2, 0) is 12.7 Å². The third-order valence-corrected chi connectivity index (χ3v) is 7.04. The fraction of sp³-hybridized carbons (Fsp3) is 0.538. The molecule has 1 aromatic carbocycles. The molecule has 1 aliphatic heterocycles. The van der Waals surface area contributed by atoms with Gasteiger partial charge in [-0.1, -0.05) is 13.8 Å². The van der Waals surface area contributed by atoms with Gasteiger partial charge in [0.05, 0.1) is 11.3 Å². The number of benzene rings is 1.